The topological polar surface area (TPSA) is 111 Å². The van der Waals surface area contributed by atoms with Crippen LogP contribution in [0.1, 0.15) is 41.6 Å². The molecule has 0 bridgehead atoms. The molecule has 1 aliphatic rings. The fraction of sp³-hybridized carbons (Fsp3) is 0.143. The van der Waals surface area contributed by atoms with E-state index in [9.17, 15) is 19.5 Å². The Hall–Kier alpha value is -4.21. The highest BCUT2D eigenvalue weighted by molar-refractivity contribution is 7.07. The number of carboxylic acids is 1. The normalized spacial score (nSPS) is 15.2. The van der Waals surface area contributed by atoms with Crippen LogP contribution in [0.3, 0.4) is 0 Å². The molecule has 0 aliphatic carbocycles. The summed E-state index contributed by atoms with van der Waals surface area (Å²) in [6.45, 7) is 3.58. The third-order valence-electron chi connectivity index (χ3n) is 6.04. The summed E-state index contributed by atoms with van der Waals surface area (Å²) in [5, 5.41) is 9.90. The first-order chi connectivity index (χ1) is 18.3. The van der Waals surface area contributed by atoms with Gasteiger partial charge in [-0.2, -0.15) is 0 Å². The Bertz CT molecular complexity index is 1800. The van der Waals surface area contributed by atoms with Crippen molar-refractivity contribution in [2.45, 2.75) is 19.9 Å². The van der Waals surface area contributed by atoms with Gasteiger partial charge in [0.15, 0.2) is 4.80 Å². The van der Waals surface area contributed by atoms with Gasteiger partial charge in [0.05, 0.1) is 28.0 Å². The van der Waals surface area contributed by atoms with Crippen molar-refractivity contribution >= 4 is 41.0 Å². The Balaban J connectivity index is 1.65. The van der Waals surface area contributed by atoms with Crippen LogP contribution in [0.25, 0.3) is 17.4 Å². The number of aromatic nitrogens is 1. The van der Waals surface area contributed by atoms with Crippen molar-refractivity contribution < 1.29 is 23.8 Å². The Morgan fingerprint density at radius 2 is 1.89 bits per heavy atom. The number of allylic oxidation sites excluding steroid dienone is 1. The van der Waals surface area contributed by atoms with Crippen LogP contribution >= 0.6 is 22.9 Å². The molecule has 0 unspecified atom stereocenters. The molecule has 5 rings (SSSR count). The number of carbonyl (C=O) groups excluding carboxylic acids is 1. The highest BCUT2D eigenvalue weighted by Gasteiger charge is 2.34. The van der Waals surface area contributed by atoms with Crippen molar-refractivity contribution in [2.75, 3.05) is 6.61 Å². The zero-order valence-corrected chi connectivity index (χ0v) is 21.9. The standard InChI is InChI=1S/C28H21ClN2O6S/c1-3-36-27(35)23-15(2)30-28-31(24(23)19-10-6-7-11-20(19)29)25(32)22(38-28)14-16-12-13-21(37-16)17-8-4-5-9-18(17)26(33)34/h4-14,24H,3H2,1-2H3,(H,33,34)/b22-14-/t24-/m0/s1. The first-order valence-corrected chi connectivity index (χ1v) is 12.9. The van der Waals surface area contributed by atoms with E-state index in [1.165, 1.54) is 10.6 Å². The van der Waals surface area contributed by atoms with E-state index in [-0.39, 0.29) is 23.3 Å². The molecule has 0 saturated heterocycles. The van der Waals surface area contributed by atoms with E-state index in [1.54, 1.807) is 74.5 Å². The van der Waals surface area contributed by atoms with E-state index in [1.807, 2.05) is 0 Å². The molecule has 1 N–H and O–H groups in total. The van der Waals surface area contributed by atoms with Crippen LogP contribution in [0, 0.1) is 0 Å². The fourth-order valence-electron chi connectivity index (χ4n) is 4.37. The molecule has 0 amide bonds. The summed E-state index contributed by atoms with van der Waals surface area (Å²) in [4.78, 5) is 43.2. The van der Waals surface area contributed by atoms with Gasteiger partial charge in [0, 0.05) is 16.7 Å². The number of hydrogen-bond donors (Lipinski definition) is 1. The molecule has 3 heterocycles. The average Bonchev–Trinajstić information content (AvgIpc) is 3.48. The first kappa shape index (κ1) is 25.4. The Labute approximate surface area is 225 Å². The number of thiazole rings is 1. The predicted molar refractivity (Wildman–Crippen MR) is 143 cm³/mol. The van der Waals surface area contributed by atoms with Gasteiger partial charge in [0.25, 0.3) is 5.56 Å². The van der Waals surface area contributed by atoms with Crippen LogP contribution in [0.15, 0.2) is 86.1 Å². The van der Waals surface area contributed by atoms with Crippen molar-refractivity contribution in [3.8, 4) is 11.3 Å². The number of carbonyl (C=O) groups is 2. The van der Waals surface area contributed by atoms with Crippen molar-refractivity contribution in [2.24, 2.45) is 4.99 Å². The maximum absolute atomic E-state index is 13.7. The van der Waals surface area contributed by atoms with E-state index in [0.717, 1.165) is 11.3 Å². The average molecular weight is 549 g/mol. The number of rotatable bonds is 6. The molecule has 38 heavy (non-hydrogen) atoms. The Morgan fingerprint density at radius 1 is 1.16 bits per heavy atom. The molecule has 0 radical (unpaired) electrons. The number of esters is 1. The number of halogens is 1. The van der Waals surface area contributed by atoms with E-state index in [0.29, 0.717) is 42.7 Å². The second kappa shape index (κ2) is 10.3. The van der Waals surface area contributed by atoms with Gasteiger partial charge in [-0.25, -0.2) is 14.6 Å². The molecule has 8 nitrogen and oxygen atoms in total. The molecular formula is C28H21ClN2O6S. The second-order valence-electron chi connectivity index (χ2n) is 8.38. The van der Waals surface area contributed by atoms with E-state index < -0.39 is 18.0 Å². The number of hydrogen-bond acceptors (Lipinski definition) is 7. The molecule has 2 aromatic heterocycles. The lowest BCUT2D eigenvalue weighted by molar-refractivity contribution is -0.139. The van der Waals surface area contributed by atoms with Crippen molar-refractivity contribution in [1.29, 1.82) is 0 Å². The zero-order chi connectivity index (χ0) is 27.0. The summed E-state index contributed by atoms with van der Waals surface area (Å²) >= 11 is 7.67. The van der Waals surface area contributed by atoms with Gasteiger partial charge < -0.3 is 14.3 Å². The maximum atomic E-state index is 13.7. The molecule has 1 atom stereocenters. The Kier molecular flexibility index (Phi) is 6.88. The van der Waals surface area contributed by atoms with Crippen molar-refractivity contribution in [1.82, 2.24) is 4.57 Å². The van der Waals surface area contributed by atoms with Gasteiger partial charge in [-0.1, -0.05) is 59.3 Å². The smallest absolute Gasteiger partial charge is 0.338 e. The summed E-state index contributed by atoms with van der Waals surface area (Å²) in [5.41, 5.74) is 1.40. The molecule has 0 saturated carbocycles. The number of benzene rings is 2. The monoisotopic (exact) mass is 548 g/mol. The molecule has 2 aromatic carbocycles. The lowest BCUT2D eigenvalue weighted by Gasteiger charge is -2.25. The van der Waals surface area contributed by atoms with Crippen LogP contribution in [-0.4, -0.2) is 28.2 Å². The summed E-state index contributed by atoms with van der Waals surface area (Å²) < 4.78 is 13.0. The van der Waals surface area contributed by atoms with Gasteiger partial charge in [-0.15, -0.1) is 0 Å². The highest BCUT2D eigenvalue weighted by Crippen LogP contribution is 2.34. The maximum Gasteiger partial charge on any atom is 0.338 e. The molecular weight excluding hydrogens is 528 g/mol. The number of carboxylic acid groups (broad SMARTS) is 1. The van der Waals surface area contributed by atoms with Gasteiger partial charge in [0.1, 0.15) is 17.6 Å². The second-order valence-corrected chi connectivity index (χ2v) is 9.79. The lowest BCUT2D eigenvalue weighted by Crippen LogP contribution is -2.40. The number of fused-ring (bicyclic) bond motifs is 1. The SMILES string of the molecule is CCOC(=O)C1=C(C)N=c2s/c(=C\c3ccc(-c4ccccc4C(=O)O)o3)c(=O)n2[C@H]1c1ccccc1Cl. The molecule has 4 aromatic rings. The van der Waals surface area contributed by atoms with Gasteiger partial charge >= 0.3 is 11.9 Å². The highest BCUT2D eigenvalue weighted by atomic mass is 35.5. The molecule has 1 aliphatic heterocycles. The summed E-state index contributed by atoms with van der Waals surface area (Å²) in [7, 11) is 0. The van der Waals surface area contributed by atoms with Crippen LogP contribution in [0.4, 0.5) is 0 Å². The third kappa shape index (κ3) is 4.51. The molecule has 192 valence electrons. The van der Waals surface area contributed by atoms with Gasteiger partial charge in [-0.3, -0.25) is 9.36 Å². The fourth-order valence-corrected chi connectivity index (χ4v) is 5.64. The Morgan fingerprint density at radius 3 is 2.63 bits per heavy atom. The summed E-state index contributed by atoms with van der Waals surface area (Å²) in [6, 6.07) is 16.0. The quantitative estimate of drug-likeness (QED) is 0.357. The summed E-state index contributed by atoms with van der Waals surface area (Å²) in [5.74, 6) is -0.919. The van der Waals surface area contributed by atoms with Crippen LogP contribution in [-0.2, 0) is 9.53 Å². The number of aromatic carboxylic acids is 1. The predicted octanol–water partition coefficient (Wildman–Crippen LogP) is 4.41. The van der Waals surface area contributed by atoms with Gasteiger partial charge in [-0.05, 0) is 43.7 Å². The lowest BCUT2D eigenvalue weighted by atomic mass is 9.96. The first-order valence-electron chi connectivity index (χ1n) is 11.7. The molecule has 0 fully saturated rings. The minimum Gasteiger partial charge on any atom is -0.478 e. The third-order valence-corrected chi connectivity index (χ3v) is 7.37. The van der Waals surface area contributed by atoms with E-state index in [4.69, 9.17) is 20.8 Å². The minimum atomic E-state index is -1.07. The largest absolute Gasteiger partial charge is 0.478 e. The molecule has 0 spiro atoms. The molecule has 10 heteroatoms. The number of ether oxygens (including phenoxy) is 1. The van der Waals surface area contributed by atoms with Crippen LogP contribution in [0.2, 0.25) is 5.02 Å². The van der Waals surface area contributed by atoms with Crippen LogP contribution in [0.5, 0.6) is 0 Å². The van der Waals surface area contributed by atoms with Crippen LogP contribution < -0.4 is 14.9 Å². The summed E-state index contributed by atoms with van der Waals surface area (Å²) in [6.07, 6.45) is 1.57. The van der Waals surface area contributed by atoms with E-state index in [2.05, 4.69) is 4.99 Å². The van der Waals surface area contributed by atoms with Crippen molar-refractivity contribution in [3.05, 3.63) is 114 Å². The van der Waals surface area contributed by atoms with Crippen molar-refractivity contribution in [3.63, 3.8) is 0 Å². The van der Waals surface area contributed by atoms with E-state index >= 15 is 0 Å². The minimum absolute atomic E-state index is 0.106. The number of furan rings is 1. The number of nitrogens with zero attached hydrogens (tertiary/aromatic N) is 2. The zero-order valence-electron chi connectivity index (χ0n) is 20.3. The van der Waals surface area contributed by atoms with Gasteiger partial charge in [0.2, 0.25) is 0 Å².